The molecule has 24 heavy (non-hydrogen) atoms. The van der Waals surface area contributed by atoms with Crippen molar-refractivity contribution in [3.05, 3.63) is 52.8 Å². The van der Waals surface area contributed by atoms with E-state index >= 15 is 0 Å². The summed E-state index contributed by atoms with van der Waals surface area (Å²) in [6, 6.07) is 10.4. The van der Waals surface area contributed by atoms with Crippen LogP contribution in [0.4, 0.5) is 5.95 Å². The van der Waals surface area contributed by atoms with Crippen molar-refractivity contribution in [2.45, 2.75) is 12.6 Å². The highest BCUT2D eigenvalue weighted by Crippen LogP contribution is 2.26. The molecule has 2 aromatic rings. The molecule has 0 radical (unpaired) electrons. The summed E-state index contributed by atoms with van der Waals surface area (Å²) in [6.07, 6.45) is 1.83. The molecule has 1 aromatic carbocycles. The number of benzene rings is 1. The van der Waals surface area contributed by atoms with Gasteiger partial charge in [0.2, 0.25) is 5.95 Å². The van der Waals surface area contributed by atoms with Crippen LogP contribution >= 0.6 is 24.0 Å². The number of hydrogen-bond acceptors (Lipinski definition) is 5. The Labute approximate surface area is 154 Å². The molecule has 0 spiro atoms. The minimum Gasteiger partial charge on any atom is -0.347 e. The Kier molecular flexibility index (Phi) is 6.80. The van der Waals surface area contributed by atoms with Crippen LogP contribution in [0.2, 0.25) is 5.02 Å². The molecule has 0 aliphatic carbocycles. The third-order valence-corrected chi connectivity index (χ3v) is 4.29. The molecule has 1 N–H and O–H groups in total. The molecule has 5 nitrogen and oxygen atoms in total. The van der Waals surface area contributed by atoms with Crippen LogP contribution < -0.4 is 10.2 Å². The number of nitrogens with zero attached hydrogens (tertiary/aromatic N) is 4. The second-order valence-electron chi connectivity index (χ2n) is 5.99. The Hall–Kier alpha value is -1.40. The first-order chi connectivity index (χ1) is 11.1. The van der Waals surface area contributed by atoms with Gasteiger partial charge in [0, 0.05) is 57.5 Å². The van der Waals surface area contributed by atoms with Crippen molar-refractivity contribution in [3.63, 3.8) is 0 Å². The molecule has 1 aliphatic rings. The Morgan fingerprint density at radius 2 is 2.17 bits per heavy atom. The maximum Gasteiger partial charge on any atom is 0.225 e. The van der Waals surface area contributed by atoms with Gasteiger partial charge >= 0.3 is 0 Å². The van der Waals surface area contributed by atoms with E-state index < -0.39 is 0 Å². The summed E-state index contributed by atoms with van der Waals surface area (Å²) in [5.41, 5.74) is 2.28. The highest BCUT2D eigenvalue weighted by molar-refractivity contribution is 6.30. The van der Waals surface area contributed by atoms with Crippen LogP contribution in [0.15, 0.2) is 36.5 Å². The lowest BCUT2D eigenvalue weighted by atomic mass is 10.0. The molecule has 0 bridgehead atoms. The van der Waals surface area contributed by atoms with E-state index in [1.165, 1.54) is 5.56 Å². The van der Waals surface area contributed by atoms with Gasteiger partial charge in [-0.1, -0.05) is 23.7 Å². The fourth-order valence-electron chi connectivity index (χ4n) is 2.87. The Balaban J connectivity index is 0.00000208. The SMILES string of the molecule is CN(C)c1nccc(CN2CCNCC2c2cccc(Cl)c2)n1.Cl. The van der Waals surface area contributed by atoms with E-state index in [1.807, 2.05) is 43.4 Å². The highest BCUT2D eigenvalue weighted by Gasteiger charge is 2.24. The Morgan fingerprint density at radius 3 is 2.92 bits per heavy atom. The molecule has 130 valence electrons. The van der Waals surface area contributed by atoms with Crippen molar-refractivity contribution in [2.75, 3.05) is 38.6 Å². The molecular weight excluding hydrogens is 345 g/mol. The zero-order valence-corrected chi connectivity index (χ0v) is 15.5. The zero-order valence-electron chi connectivity index (χ0n) is 13.9. The van der Waals surface area contributed by atoms with Gasteiger partial charge in [-0.25, -0.2) is 9.97 Å². The minimum atomic E-state index is 0. The average Bonchev–Trinajstić information content (AvgIpc) is 2.55. The molecule has 2 heterocycles. The quantitative estimate of drug-likeness (QED) is 0.899. The smallest absolute Gasteiger partial charge is 0.225 e. The lowest BCUT2D eigenvalue weighted by Gasteiger charge is -2.36. The lowest BCUT2D eigenvalue weighted by Crippen LogP contribution is -2.45. The van der Waals surface area contributed by atoms with Crippen LogP contribution in [0.5, 0.6) is 0 Å². The number of anilines is 1. The number of rotatable bonds is 4. The van der Waals surface area contributed by atoms with Crippen LogP contribution in [0.3, 0.4) is 0 Å². The van der Waals surface area contributed by atoms with Crippen LogP contribution in [-0.2, 0) is 6.54 Å². The lowest BCUT2D eigenvalue weighted by molar-refractivity contribution is 0.152. The van der Waals surface area contributed by atoms with E-state index in [2.05, 4.69) is 32.3 Å². The van der Waals surface area contributed by atoms with Gasteiger partial charge < -0.3 is 10.2 Å². The summed E-state index contributed by atoms with van der Waals surface area (Å²) in [5, 5.41) is 4.25. The van der Waals surface area contributed by atoms with Crippen molar-refractivity contribution < 1.29 is 0 Å². The summed E-state index contributed by atoms with van der Waals surface area (Å²) in [5.74, 6) is 0.747. The third kappa shape index (κ3) is 4.57. The van der Waals surface area contributed by atoms with Gasteiger partial charge in [0.15, 0.2) is 0 Å². The molecule has 1 saturated heterocycles. The number of piperazine rings is 1. The molecule has 3 rings (SSSR count). The van der Waals surface area contributed by atoms with E-state index in [4.69, 9.17) is 11.6 Å². The number of halogens is 2. The number of hydrogen-bond donors (Lipinski definition) is 1. The minimum absolute atomic E-state index is 0. The monoisotopic (exact) mass is 367 g/mol. The maximum absolute atomic E-state index is 6.16. The highest BCUT2D eigenvalue weighted by atomic mass is 35.5. The predicted octanol–water partition coefficient (Wildman–Crippen LogP) is 2.76. The van der Waals surface area contributed by atoms with E-state index in [0.29, 0.717) is 6.04 Å². The van der Waals surface area contributed by atoms with E-state index in [0.717, 1.165) is 42.8 Å². The van der Waals surface area contributed by atoms with E-state index in [1.54, 1.807) is 0 Å². The van der Waals surface area contributed by atoms with Gasteiger partial charge in [-0.15, -0.1) is 12.4 Å². The normalized spacial score (nSPS) is 18.0. The topological polar surface area (TPSA) is 44.3 Å². The molecule has 7 heteroatoms. The van der Waals surface area contributed by atoms with Crippen molar-refractivity contribution in [1.29, 1.82) is 0 Å². The largest absolute Gasteiger partial charge is 0.347 e. The first-order valence-corrected chi connectivity index (χ1v) is 8.21. The number of aromatic nitrogens is 2. The number of nitrogens with one attached hydrogen (secondary N) is 1. The van der Waals surface area contributed by atoms with Crippen LogP contribution in [-0.4, -0.2) is 48.6 Å². The Bertz CT molecular complexity index is 665. The molecule has 1 fully saturated rings. The maximum atomic E-state index is 6.16. The molecule has 0 saturated carbocycles. The van der Waals surface area contributed by atoms with Crippen molar-refractivity contribution in [1.82, 2.24) is 20.2 Å². The first-order valence-electron chi connectivity index (χ1n) is 7.83. The van der Waals surface area contributed by atoms with Gasteiger partial charge in [-0.05, 0) is 23.8 Å². The van der Waals surface area contributed by atoms with Crippen LogP contribution in [0.25, 0.3) is 0 Å². The van der Waals surface area contributed by atoms with Crippen LogP contribution in [0, 0.1) is 0 Å². The molecular formula is C17H23Cl2N5. The van der Waals surface area contributed by atoms with Gasteiger partial charge in [0.25, 0.3) is 0 Å². The van der Waals surface area contributed by atoms with E-state index in [9.17, 15) is 0 Å². The summed E-state index contributed by atoms with van der Waals surface area (Å²) in [6.45, 7) is 3.70. The summed E-state index contributed by atoms with van der Waals surface area (Å²) in [4.78, 5) is 13.3. The first kappa shape index (κ1) is 18.9. The Morgan fingerprint density at radius 1 is 1.33 bits per heavy atom. The molecule has 1 aliphatic heterocycles. The summed E-state index contributed by atoms with van der Waals surface area (Å²) < 4.78 is 0. The summed E-state index contributed by atoms with van der Waals surface area (Å²) >= 11 is 6.16. The molecule has 1 unspecified atom stereocenters. The fraction of sp³-hybridized carbons (Fsp3) is 0.412. The van der Waals surface area contributed by atoms with Gasteiger partial charge in [0.05, 0.1) is 5.69 Å². The fourth-order valence-corrected chi connectivity index (χ4v) is 3.07. The van der Waals surface area contributed by atoms with Crippen LogP contribution in [0.1, 0.15) is 17.3 Å². The molecule has 1 aromatic heterocycles. The predicted molar refractivity (Wildman–Crippen MR) is 101 cm³/mol. The van der Waals surface area contributed by atoms with Gasteiger partial charge in [0.1, 0.15) is 0 Å². The standard InChI is InChI=1S/C17H22ClN5.ClH/c1-22(2)17-20-7-6-15(21-17)12-23-9-8-19-11-16(23)13-4-3-5-14(18)10-13;/h3-7,10,16,19H,8-9,11-12H2,1-2H3;1H. The zero-order chi connectivity index (χ0) is 16.2. The summed E-state index contributed by atoms with van der Waals surface area (Å²) in [7, 11) is 3.91. The van der Waals surface area contributed by atoms with Crippen molar-refractivity contribution >= 4 is 30.0 Å². The second kappa shape index (κ2) is 8.62. The molecule has 0 amide bonds. The van der Waals surface area contributed by atoms with Gasteiger partial charge in [-0.3, -0.25) is 4.90 Å². The van der Waals surface area contributed by atoms with Gasteiger partial charge in [-0.2, -0.15) is 0 Å². The second-order valence-corrected chi connectivity index (χ2v) is 6.42. The third-order valence-electron chi connectivity index (χ3n) is 4.05. The van der Waals surface area contributed by atoms with Crippen molar-refractivity contribution in [2.24, 2.45) is 0 Å². The molecule has 1 atom stereocenters. The average molecular weight is 368 g/mol. The van der Waals surface area contributed by atoms with Crippen molar-refractivity contribution in [3.8, 4) is 0 Å². The van der Waals surface area contributed by atoms with E-state index in [-0.39, 0.29) is 12.4 Å².